The number of rotatable bonds is 7. The number of nitrogens with one attached hydrogen (secondary N) is 2. The molecule has 3 rings (SSSR count). The number of nitrogens with zero attached hydrogens (tertiary/aromatic N) is 1. The fourth-order valence-corrected chi connectivity index (χ4v) is 2.68. The molecule has 1 unspecified atom stereocenters. The van der Waals surface area contributed by atoms with Crippen molar-refractivity contribution in [1.82, 2.24) is 10.3 Å². The second kappa shape index (κ2) is 9.66. The molecule has 0 aliphatic heterocycles. The quantitative estimate of drug-likeness (QED) is 0.553. The minimum absolute atomic E-state index is 0.128. The molecule has 150 valence electrons. The van der Waals surface area contributed by atoms with Gasteiger partial charge in [-0.15, -0.1) is 0 Å². The third-order valence-corrected chi connectivity index (χ3v) is 4.24. The van der Waals surface area contributed by atoms with E-state index in [4.69, 9.17) is 4.74 Å². The first kappa shape index (κ1) is 20.3. The van der Waals surface area contributed by atoms with Crippen LogP contribution in [-0.2, 0) is 6.42 Å². The monoisotopic (exact) mass is 395 g/mol. The highest BCUT2D eigenvalue weighted by Crippen LogP contribution is 2.22. The number of amides is 2. The lowest BCUT2D eigenvalue weighted by Gasteiger charge is -2.13. The fourth-order valence-electron chi connectivity index (χ4n) is 2.68. The zero-order valence-corrected chi connectivity index (χ0v) is 15.9. The van der Waals surface area contributed by atoms with Crippen molar-refractivity contribution >= 4 is 11.7 Å². The Morgan fingerprint density at radius 1 is 1.17 bits per heavy atom. The summed E-state index contributed by atoms with van der Waals surface area (Å²) in [5.41, 5.74) is 1.75. The van der Waals surface area contributed by atoms with Crippen molar-refractivity contribution in [2.24, 2.45) is 0 Å². The Balaban J connectivity index is 1.51. The van der Waals surface area contributed by atoms with Crippen LogP contribution < -0.4 is 15.4 Å². The molecule has 3 aromatic rings. The molecule has 1 atom stereocenters. The van der Waals surface area contributed by atoms with Gasteiger partial charge in [0.05, 0.1) is 18.0 Å². The molecule has 0 saturated heterocycles. The zero-order chi connectivity index (χ0) is 20.6. The van der Waals surface area contributed by atoms with E-state index in [1.807, 2.05) is 24.3 Å². The van der Waals surface area contributed by atoms with E-state index >= 15 is 0 Å². The average molecular weight is 395 g/mol. The number of urea groups is 1. The second-order valence-electron chi connectivity index (χ2n) is 6.36. The molecule has 2 aromatic carbocycles. The predicted octanol–water partition coefficient (Wildman–Crippen LogP) is 4.43. The maximum absolute atomic E-state index is 13.6. The number of pyridine rings is 1. The number of ether oxygens (including phenoxy) is 1. The molecule has 0 aliphatic rings. The molecule has 7 heteroatoms. The number of anilines is 1. The van der Waals surface area contributed by atoms with Gasteiger partial charge >= 0.3 is 6.03 Å². The standard InChI is InChI=1S/C22H22FN3O3/c1-2-15-6-5-7-17(12-15)29-21-11-10-16(13-24-21)26-22(28)25-14-20(27)18-8-3-4-9-19(18)23/h3-13,20,27H,2,14H2,1H3,(H2,25,26,28). The number of aliphatic hydroxyl groups is 1. The maximum Gasteiger partial charge on any atom is 0.319 e. The van der Waals surface area contributed by atoms with Gasteiger partial charge in [0.25, 0.3) is 0 Å². The van der Waals surface area contributed by atoms with Crippen LogP contribution in [0.1, 0.15) is 24.2 Å². The van der Waals surface area contributed by atoms with E-state index in [9.17, 15) is 14.3 Å². The topological polar surface area (TPSA) is 83.5 Å². The summed E-state index contributed by atoms with van der Waals surface area (Å²) in [7, 11) is 0. The molecule has 2 amide bonds. The van der Waals surface area contributed by atoms with Crippen molar-refractivity contribution in [2.45, 2.75) is 19.4 Å². The fraction of sp³-hybridized carbons (Fsp3) is 0.182. The normalized spacial score (nSPS) is 11.6. The Labute approximate surface area is 168 Å². The van der Waals surface area contributed by atoms with Crippen LogP contribution in [0, 0.1) is 5.82 Å². The van der Waals surface area contributed by atoms with E-state index in [2.05, 4.69) is 22.5 Å². The highest BCUT2D eigenvalue weighted by Gasteiger charge is 2.13. The summed E-state index contributed by atoms with van der Waals surface area (Å²) in [6.07, 6.45) is 1.23. The van der Waals surface area contributed by atoms with Gasteiger partial charge in [-0.1, -0.05) is 37.3 Å². The number of carbonyl (C=O) groups excluding carboxylic acids is 1. The van der Waals surface area contributed by atoms with Gasteiger partial charge in [0.15, 0.2) is 0 Å². The SMILES string of the molecule is CCc1cccc(Oc2ccc(NC(=O)NCC(O)c3ccccc3F)cn2)c1. The first-order valence-electron chi connectivity index (χ1n) is 9.25. The molecule has 0 saturated carbocycles. The van der Waals surface area contributed by atoms with Crippen LogP contribution in [0.4, 0.5) is 14.9 Å². The number of aromatic nitrogens is 1. The first-order chi connectivity index (χ1) is 14.0. The number of halogens is 1. The van der Waals surface area contributed by atoms with Crippen LogP contribution in [0.25, 0.3) is 0 Å². The highest BCUT2D eigenvalue weighted by atomic mass is 19.1. The summed E-state index contributed by atoms with van der Waals surface area (Å²) in [6, 6.07) is 16.4. The Morgan fingerprint density at radius 3 is 2.72 bits per heavy atom. The van der Waals surface area contributed by atoms with E-state index in [0.717, 1.165) is 12.0 Å². The lowest BCUT2D eigenvalue weighted by atomic mass is 10.1. The van der Waals surface area contributed by atoms with Crippen LogP contribution in [0.3, 0.4) is 0 Å². The van der Waals surface area contributed by atoms with Gasteiger partial charge in [-0.3, -0.25) is 0 Å². The smallest absolute Gasteiger partial charge is 0.319 e. The lowest BCUT2D eigenvalue weighted by molar-refractivity contribution is 0.170. The third kappa shape index (κ3) is 5.76. The van der Waals surface area contributed by atoms with Gasteiger partial charge in [0, 0.05) is 18.2 Å². The van der Waals surface area contributed by atoms with E-state index in [1.54, 1.807) is 18.2 Å². The van der Waals surface area contributed by atoms with Crippen molar-refractivity contribution < 1.29 is 19.0 Å². The third-order valence-electron chi connectivity index (χ3n) is 4.24. The highest BCUT2D eigenvalue weighted by molar-refractivity contribution is 5.89. The minimum Gasteiger partial charge on any atom is -0.439 e. The summed E-state index contributed by atoms with van der Waals surface area (Å²) in [4.78, 5) is 16.2. The van der Waals surface area contributed by atoms with E-state index in [1.165, 1.54) is 24.4 Å². The van der Waals surface area contributed by atoms with Crippen LogP contribution in [0.15, 0.2) is 66.9 Å². The molecule has 6 nitrogen and oxygen atoms in total. The molecule has 0 aliphatic carbocycles. The molecule has 29 heavy (non-hydrogen) atoms. The lowest BCUT2D eigenvalue weighted by Crippen LogP contribution is -2.32. The molecular formula is C22H22FN3O3. The molecule has 1 heterocycles. The van der Waals surface area contributed by atoms with Gasteiger partial charge in [-0.05, 0) is 36.2 Å². The molecule has 0 spiro atoms. The van der Waals surface area contributed by atoms with Crippen LogP contribution in [0.5, 0.6) is 11.6 Å². The molecule has 1 aromatic heterocycles. The van der Waals surface area contributed by atoms with Crippen molar-refractivity contribution in [3.8, 4) is 11.6 Å². The first-order valence-corrected chi connectivity index (χ1v) is 9.25. The van der Waals surface area contributed by atoms with E-state index < -0.39 is 18.0 Å². The second-order valence-corrected chi connectivity index (χ2v) is 6.36. The van der Waals surface area contributed by atoms with Gasteiger partial charge in [0.1, 0.15) is 11.6 Å². The largest absolute Gasteiger partial charge is 0.439 e. The predicted molar refractivity (Wildman–Crippen MR) is 109 cm³/mol. The Kier molecular flexibility index (Phi) is 6.76. The van der Waals surface area contributed by atoms with Gasteiger partial charge in [-0.25, -0.2) is 14.2 Å². The molecule has 0 radical (unpaired) electrons. The summed E-state index contributed by atoms with van der Waals surface area (Å²) >= 11 is 0. The average Bonchev–Trinajstić information content (AvgIpc) is 2.74. The minimum atomic E-state index is -1.14. The van der Waals surface area contributed by atoms with Crippen LogP contribution in [-0.4, -0.2) is 22.7 Å². The Bertz CT molecular complexity index is 964. The summed E-state index contributed by atoms with van der Waals surface area (Å²) in [5.74, 6) is 0.572. The summed E-state index contributed by atoms with van der Waals surface area (Å²) in [6.45, 7) is 1.94. The molecule has 0 fully saturated rings. The van der Waals surface area contributed by atoms with E-state index in [0.29, 0.717) is 17.3 Å². The number of aryl methyl sites for hydroxylation is 1. The number of aliphatic hydroxyl groups excluding tert-OH is 1. The Morgan fingerprint density at radius 2 is 2.00 bits per heavy atom. The Hall–Kier alpha value is -3.45. The molecular weight excluding hydrogens is 373 g/mol. The number of carbonyl (C=O) groups is 1. The van der Waals surface area contributed by atoms with E-state index in [-0.39, 0.29) is 12.1 Å². The van der Waals surface area contributed by atoms with Gasteiger partial charge < -0.3 is 20.5 Å². The van der Waals surface area contributed by atoms with Gasteiger partial charge in [0.2, 0.25) is 5.88 Å². The molecule has 3 N–H and O–H groups in total. The zero-order valence-electron chi connectivity index (χ0n) is 15.9. The number of benzene rings is 2. The maximum atomic E-state index is 13.6. The van der Waals surface area contributed by atoms with Crippen molar-refractivity contribution in [1.29, 1.82) is 0 Å². The van der Waals surface area contributed by atoms with Crippen LogP contribution >= 0.6 is 0 Å². The summed E-state index contributed by atoms with van der Waals surface area (Å²) < 4.78 is 19.4. The van der Waals surface area contributed by atoms with Crippen molar-refractivity contribution in [3.63, 3.8) is 0 Å². The summed E-state index contributed by atoms with van der Waals surface area (Å²) in [5, 5.41) is 15.1. The molecule has 0 bridgehead atoms. The van der Waals surface area contributed by atoms with Crippen molar-refractivity contribution in [2.75, 3.05) is 11.9 Å². The number of hydrogen-bond donors (Lipinski definition) is 3. The van der Waals surface area contributed by atoms with Crippen molar-refractivity contribution in [3.05, 3.63) is 83.8 Å². The van der Waals surface area contributed by atoms with Crippen LogP contribution in [0.2, 0.25) is 0 Å². The number of hydrogen-bond acceptors (Lipinski definition) is 4. The van der Waals surface area contributed by atoms with Gasteiger partial charge in [-0.2, -0.15) is 0 Å².